The molecule has 1 aromatic heterocycles. The number of thiophene rings is 1. The van der Waals surface area contributed by atoms with E-state index in [4.69, 9.17) is 0 Å². The molecule has 17 heavy (non-hydrogen) atoms. The summed E-state index contributed by atoms with van der Waals surface area (Å²) in [6.45, 7) is 0. The minimum absolute atomic E-state index is 0.346. The van der Waals surface area contributed by atoms with Crippen LogP contribution in [0.15, 0.2) is 38.6 Å². The third kappa shape index (κ3) is 3.61. The summed E-state index contributed by atoms with van der Waals surface area (Å²) in [5, 5.41) is 12.0. The van der Waals surface area contributed by atoms with Crippen LogP contribution in [0.25, 0.3) is 0 Å². The van der Waals surface area contributed by atoms with Crippen LogP contribution in [-0.2, 0) is 6.42 Å². The van der Waals surface area contributed by atoms with Crippen LogP contribution in [0.2, 0.25) is 0 Å². The highest BCUT2D eigenvalue weighted by atomic mass is 79.9. The average molecular weight is 380 g/mol. The molecule has 2 rings (SSSR count). The molecule has 1 nitrogen and oxygen atoms in total. The van der Waals surface area contributed by atoms with Crippen LogP contribution in [-0.4, -0.2) is 5.11 Å². The van der Waals surface area contributed by atoms with Crippen molar-refractivity contribution >= 4 is 43.2 Å². The Morgan fingerprint density at radius 2 is 1.94 bits per heavy atom. The van der Waals surface area contributed by atoms with E-state index in [0.29, 0.717) is 16.5 Å². The average Bonchev–Trinajstić information content (AvgIpc) is 2.62. The minimum atomic E-state index is -0.687. The predicted molar refractivity (Wildman–Crippen MR) is 74.8 cm³/mol. The van der Waals surface area contributed by atoms with Crippen molar-refractivity contribution in [3.05, 3.63) is 54.8 Å². The van der Waals surface area contributed by atoms with Crippen LogP contribution in [0.3, 0.4) is 0 Å². The van der Waals surface area contributed by atoms with Crippen molar-refractivity contribution in [3.8, 4) is 0 Å². The monoisotopic (exact) mass is 378 g/mol. The second-order valence-electron chi connectivity index (χ2n) is 3.65. The van der Waals surface area contributed by atoms with Gasteiger partial charge in [-0.15, -0.1) is 11.3 Å². The zero-order valence-electron chi connectivity index (χ0n) is 8.66. The highest BCUT2D eigenvalue weighted by Gasteiger charge is 2.12. The number of aliphatic hydroxyl groups excluding tert-OH is 1. The molecule has 1 unspecified atom stereocenters. The molecule has 0 aliphatic rings. The Bertz CT molecular complexity index is 507. The number of benzene rings is 1. The highest BCUT2D eigenvalue weighted by molar-refractivity contribution is 9.10. The molecule has 1 aromatic carbocycles. The lowest BCUT2D eigenvalue weighted by atomic mass is 10.1. The number of rotatable bonds is 3. The van der Waals surface area contributed by atoms with E-state index < -0.39 is 6.10 Å². The van der Waals surface area contributed by atoms with E-state index in [1.54, 1.807) is 17.4 Å². The Morgan fingerprint density at radius 3 is 2.53 bits per heavy atom. The first-order chi connectivity index (χ1) is 8.04. The van der Waals surface area contributed by atoms with Crippen molar-refractivity contribution in [2.75, 3.05) is 0 Å². The lowest BCUT2D eigenvalue weighted by molar-refractivity contribution is 0.179. The third-order valence-electron chi connectivity index (χ3n) is 2.29. The van der Waals surface area contributed by atoms with Crippen LogP contribution >= 0.6 is 43.2 Å². The molecule has 1 N–H and O–H groups in total. The zero-order chi connectivity index (χ0) is 12.4. The van der Waals surface area contributed by atoms with Gasteiger partial charge in [-0.2, -0.15) is 0 Å². The number of hydrogen-bond acceptors (Lipinski definition) is 2. The molecule has 0 bridgehead atoms. The van der Waals surface area contributed by atoms with E-state index in [1.807, 2.05) is 11.4 Å². The second kappa shape index (κ2) is 5.61. The maximum absolute atomic E-state index is 13.2. The summed E-state index contributed by atoms with van der Waals surface area (Å²) in [4.78, 5) is 1.06. The van der Waals surface area contributed by atoms with Crippen LogP contribution in [0.5, 0.6) is 0 Å². The van der Waals surface area contributed by atoms with Gasteiger partial charge in [0.2, 0.25) is 0 Å². The van der Waals surface area contributed by atoms with Gasteiger partial charge in [-0.05, 0) is 45.8 Å². The van der Waals surface area contributed by atoms with E-state index in [2.05, 4.69) is 31.9 Å². The summed E-state index contributed by atoms with van der Waals surface area (Å²) in [6.07, 6.45) is -0.195. The first kappa shape index (κ1) is 13.2. The second-order valence-corrected chi connectivity index (χ2v) is 6.48. The smallest absolute Gasteiger partial charge is 0.124 e. The Hall–Kier alpha value is -0.230. The number of hydrogen-bond donors (Lipinski definition) is 1. The van der Waals surface area contributed by atoms with Crippen molar-refractivity contribution < 1.29 is 9.50 Å². The van der Waals surface area contributed by atoms with E-state index in [1.165, 1.54) is 12.1 Å². The lowest BCUT2D eigenvalue weighted by Crippen LogP contribution is -2.01. The molecule has 0 amide bonds. The molecular formula is C12H9Br2FOS. The van der Waals surface area contributed by atoms with Crippen LogP contribution in [0.4, 0.5) is 4.39 Å². The first-order valence-electron chi connectivity index (χ1n) is 4.91. The summed E-state index contributed by atoms with van der Waals surface area (Å²) < 4.78 is 14.8. The van der Waals surface area contributed by atoms with Gasteiger partial charge in [0.15, 0.2) is 0 Å². The third-order valence-corrected chi connectivity index (χ3v) is 4.46. The Kier molecular flexibility index (Phi) is 4.36. The largest absolute Gasteiger partial charge is 0.388 e. The van der Waals surface area contributed by atoms with Gasteiger partial charge in [-0.3, -0.25) is 0 Å². The highest BCUT2D eigenvalue weighted by Crippen LogP contribution is 2.27. The van der Waals surface area contributed by atoms with Crippen molar-refractivity contribution in [2.45, 2.75) is 12.5 Å². The molecule has 0 radical (unpaired) electrons. The van der Waals surface area contributed by atoms with Gasteiger partial charge in [-0.25, -0.2) is 4.39 Å². The Labute approximate surface area is 120 Å². The molecule has 0 aliphatic heterocycles. The molecule has 90 valence electrons. The molecular weight excluding hydrogens is 371 g/mol. The van der Waals surface area contributed by atoms with Gasteiger partial charge in [0.1, 0.15) is 5.82 Å². The summed E-state index contributed by atoms with van der Waals surface area (Å²) in [7, 11) is 0. The van der Waals surface area contributed by atoms with E-state index in [0.717, 1.165) is 9.35 Å². The summed E-state index contributed by atoms with van der Waals surface area (Å²) in [5.41, 5.74) is 0.585. The maximum atomic E-state index is 13.2. The predicted octanol–water partition coefficient (Wildman–Crippen LogP) is 4.69. The topological polar surface area (TPSA) is 20.2 Å². The molecule has 0 fully saturated rings. The fraction of sp³-hybridized carbons (Fsp3) is 0.167. The van der Waals surface area contributed by atoms with Gasteiger partial charge in [0, 0.05) is 25.6 Å². The SMILES string of the molecule is OC(Cc1cc(Br)cs1)c1cc(F)cc(Br)c1. The maximum Gasteiger partial charge on any atom is 0.124 e. The van der Waals surface area contributed by atoms with Crippen molar-refractivity contribution in [2.24, 2.45) is 0 Å². The molecule has 0 spiro atoms. The van der Waals surface area contributed by atoms with Crippen LogP contribution < -0.4 is 0 Å². The van der Waals surface area contributed by atoms with Gasteiger partial charge in [0.25, 0.3) is 0 Å². The zero-order valence-corrected chi connectivity index (χ0v) is 12.6. The van der Waals surface area contributed by atoms with Crippen molar-refractivity contribution in [3.63, 3.8) is 0 Å². The fourth-order valence-electron chi connectivity index (χ4n) is 1.54. The molecule has 5 heteroatoms. The Balaban J connectivity index is 2.16. The minimum Gasteiger partial charge on any atom is -0.388 e. The van der Waals surface area contributed by atoms with Crippen molar-refractivity contribution in [1.29, 1.82) is 0 Å². The van der Waals surface area contributed by atoms with Gasteiger partial charge >= 0.3 is 0 Å². The summed E-state index contributed by atoms with van der Waals surface area (Å²) in [5.74, 6) is -0.346. The molecule has 0 saturated heterocycles. The van der Waals surface area contributed by atoms with Gasteiger partial charge in [0.05, 0.1) is 6.10 Å². The van der Waals surface area contributed by atoms with Gasteiger partial charge < -0.3 is 5.11 Å². The summed E-state index contributed by atoms with van der Waals surface area (Å²) >= 11 is 8.15. The molecule has 1 atom stereocenters. The van der Waals surface area contributed by atoms with Crippen LogP contribution in [0, 0.1) is 5.82 Å². The fourth-order valence-corrected chi connectivity index (χ4v) is 3.51. The Morgan fingerprint density at radius 1 is 1.18 bits per heavy atom. The normalized spacial score (nSPS) is 12.7. The molecule has 1 heterocycles. The van der Waals surface area contributed by atoms with Gasteiger partial charge in [-0.1, -0.05) is 15.9 Å². The molecule has 0 saturated carbocycles. The van der Waals surface area contributed by atoms with Crippen molar-refractivity contribution in [1.82, 2.24) is 0 Å². The molecule has 2 aromatic rings. The van der Waals surface area contributed by atoms with E-state index in [9.17, 15) is 9.50 Å². The van der Waals surface area contributed by atoms with E-state index in [-0.39, 0.29) is 5.82 Å². The first-order valence-corrected chi connectivity index (χ1v) is 7.38. The van der Waals surface area contributed by atoms with Crippen LogP contribution in [0.1, 0.15) is 16.5 Å². The quantitative estimate of drug-likeness (QED) is 0.820. The lowest BCUT2D eigenvalue weighted by Gasteiger charge is -2.10. The number of aliphatic hydroxyl groups is 1. The number of halogens is 3. The summed E-state index contributed by atoms with van der Waals surface area (Å²) in [6, 6.07) is 6.43. The standard InChI is InChI=1S/C12H9Br2FOS/c13-8-1-7(2-10(15)3-8)12(16)5-11-4-9(14)6-17-11/h1-4,6,12,16H,5H2. The molecule has 0 aliphatic carbocycles. The van der Waals surface area contributed by atoms with E-state index >= 15 is 0 Å².